The molecular formula is C16H18Cl2N2. The lowest BCUT2D eigenvalue weighted by Gasteiger charge is -2.18. The van der Waals surface area contributed by atoms with Crippen molar-refractivity contribution in [1.82, 2.24) is 4.90 Å². The molecule has 2 aromatic carbocycles. The summed E-state index contributed by atoms with van der Waals surface area (Å²) in [5.41, 5.74) is 9.81. The molecular weight excluding hydrogens is 291 g/mol. The van der Waals surface area contributed by atoms with Crippen molar-refractivity contribution in [2.45, 2.75) is 20.0 Å². The molecule has 4 heteroatoms. The second kappa shape index (κ2) is 6.49. The maximum atomic E-state index is 6.06. The Morgan fingerprint density at radius 1 is 1.00 bits per heavy atom. The zero-order chi connectivity index (χ0) is 14.7. The number of nitrogens with two attached hydrogens (primary N) is 1. The fourth-order valence-electron chi connectivity index (χ4n) is 2.22. The molecule has 0 heterocycles. The van der Waals surface area contributed by atoms with Crippen LogP contribution in [0, 0.1) is 6.92 Å². The van der Waals surface area contributed by atoms with E-state index in [2.05, 4.69) is 43.1 Å². The number of aryl methyl sites for hydroxylation is 1. The minimum atomic E-state index is 0.443. The molecule has 0 amide bonds. The summed E-state index contributed by atoms with van der Waals surface area (Å²) < 4.78 is 0. The molecule has 2 aromatic rings. The first kappa shape index (κ1) is 15.2. The van der Waals surface area contributed by atoms with Crippen molar-refractivity contribution in [3.05, 3.63) is 63.1 Å². The van der Waals surface area contributed by atoms with Crippen LogP contribution in [0.2, 0.25) is 10.0 Å². The lowest BCUT2D eigenvalue weighted by Crippen LogP contribution is -2.17. The van der Waals surface area contributed by atoms with Crippen molar-refractivity contribution in [2.24, 2.45) is 0 Å². The van der Waals surface area contributed by atoms with Gasteiger partial charge in [0.2, 0.25) is 0 Å². The van der Waals surface area contributed by atoms with Crippen LogP contribution in [0.4, 0.5) is 5.69 Å². The van der Waals surface area contributed by atoms with Gasteiger partial charge < -0.3 is 5.73 Å². The van der Waals surface area contributed by atoms with Crippen molar-refractivity contribution >= 4 is 28.9 Å². The zero-order valence-electron chi connectivity index (χ0n) is 11.7. The van der Waals surface area contributed by atoms with E-state index >= 15 is 0 Å². The van der Waals surface area contributed by atoms with Crippen LogP contribution in [0.15, 0.2) is 36.4 Å². The fourth-order valence-corrected chi connectivity index (χ4v) is 2.75. The van der Waals surface area contributed by atoms with Crippen LogP contribution in [0.25, 0.3) is 0 Å². The van der Waals surface area contributed by atoms with Gasteiger partial charge >= 0.3 is 0 Å². The van der Waals surface area contributed by atoms with E-state index in [9.17, 15) is 0 Å². The number of nitrogen functional groups attached to an aromatic ring is 1. The van der Waals surface area contributed by atoms with Gasteiger partial charge in [0.1, 0.15) is 0 Å². The lowest BCUT2D eigenvalue weighted by atomic mass is 10.1. The predicted molar refractivity (Wildman–Crippen MR) is 87.2 cm³/mol. The van der Waals surface area contributed by atoms with Gasteiger partial charge in [-0.15, -0.1) is 0 Å². The van der Waals surface area contributed by atoms with E-state index in [1.54, 1.807) is 0 Å². The van der Waals surface area contributed by atoms with Crippen LogP contribution in [-0.4, -0.2) is 11.9 Å². The third kappa shape index (κ3) is 3.89. The van der Waals surface area contributed by atoms with Gasteiger partial charge in [-0.3, -0.25) is 4.90 Å². The van der Waals surface area contributed by atoms with Gasteiger partial charge in [-0.2, -0.15) is 0 Å². The average molecular weight is 309 g/mol. The van der Waals surface area contributed by atoms with Gasteiger partial charge in [-0.1, -0.05) is 53.0 Å². The van der Waals surface area contributed by atoms with Gasteiger partial charge in [-0.05, 0) is 37.2 Å². The molecule has 0 aliphatic heterocycles. The number of hydrogen-bond acceptors (Lipinski definition) is 2. The number of rotatable bonds is 4. The third-order valence-corrected chi connectivity index (χ3v) is 3.75. The summed E-state index contributed by atoms with van der Waals surface area (Å²) in [6.45, 7) is 3.75. The normalized spacial score (nSPS) is 11.1. The van der Waals surface area contributed by atoms with Gasteiger partial charge in [-0.25, -0.2) is 0 Å². The molecule has 2 N–H and O–H groups in total. The molecule has 106 valence electrons. The van der Waals surface area contributed by atoms with Crippen molar-refractivity contribution in [3.8, 4) is 0 Å². The average Bonchev–Trinajstić information content (AvgIpc) is 2.35. The summed E-state index contributed by atoms with van der Waals surface area (Å²) in [4.78, 5) is 2.22. The van der Waals surface area contributed by atoms with Crippen molar-refractivity contribution < 1.29 is 0 Å². The van der Waals surface area contributed by atoms with E-state index in [0.29, 0.717) is 15.7 Å². The zero-order valence-corrected chi connectivity index (χ0v) is 13.2. The molecule has 20 heavy (non-hydrogen) atoms. The molecule has 2 rings (SSSR count). The first-order chi connectivity index (χ1) is 9.45. The van der Waals surface area contributed by atoms with Gasteiger partial charge in [0.15, 0.2) is 0 Å². The SMILES string of the molecule is Cc1cccc(CN(C)Cc2cc(Cl)c(N)c(Cl)c2)c1. The van der Waals surface area contributed by atoms with E-state index in [4.69, 9.17) is 28.9 Å². The van der Waals surface area contributed by atoms with Crippen LogP contribution in [-0.2, 0) is 13.1 Å². The Balaban J connectivity index is 2.06. The van der Waals surface area contributed by atoms with Crippen LogP contribution < -0.4 is 5.73 Å². The second-order valence-corrected chi connectivity index (χ2v) is 5.95. The molecule has 0 spiro atoms. The number of hydrogen-bond donors (Lipinski definition) is 1. The minimum absolute atomic E-state index is 0.443. The Morgan fingerprint density at radius 3 is 2.20 bits per heavy atom. The topological polar surface area (TPSA) is 29.3 Å². The van der Waals surface area contributed by atoms with Crippen LogP contribution in [0.3, 0.4) is 0 Å². The summed E-state index contributed by atoms with van der Waals surface area (Å²) in [5.74, 6) is 0. The Bertz CT molecular complexity index is 588. The third-order valence-electron chi connectivity index (χ3n) is 3.13. The van der Waals surface area contributed by atoms with E-state index in [1.807, 2.05) is 12.1 Å². The highest BCUT2D eigenvalue weighted by Crippen LogP contribution is 2.29. The Hall–Kier alpha value is -1.22. The van der Waals surface area contributed by atoms with E-state index in [1.165, 1.54) is 11.1 Å². The molecule has 0 atom stereocenters. The lowest BCUT2D eigenvalue weighted by molar-refractivity contribution is 0.319. The molecule has 0 aliphatic rings. The first-order valence-electron chi connectivity index (χ1n) is 6.43. The van der Waals surface area contributed by atoms with Gasteiger partial charge in [0.05, 0.1) is 15.7 Å². The summed E-state index contributed by atoms with van der Waals surface area (Å²) in [6, 6.07) is 12.2. The maximum Gasteiger partial charge on any atom is 0.0693 e. The monoisotopic (exact) mass is 308 g/mol. The highest BCUT2D eigenvalue weighted by Gasteiger charge is 2.07. The summed E-state index contributed by atoms with van der Waals surface area (Å²) >= 11 is 12.1. The number of nitrogens with zero attached hydrogens (tertiary/aromatic N) is 1. The van der Waals surface area contributed by atoms with Crippen molar-refractivity contribution in [3.63, 3.8) is 0 Å². The Kier molecular flexibility index (Phi) is 4.92. The number of halogens is 2. The Morgan fingerprint density at radius 2 is 1.60 bits per heavy atom. The molecule has 2 nitrogen and oxygen atoms in total. The minimum Gasteiger partial charge on any atom is -0.396 e. The van der Waals surface area contributed by atoms with Crippen LogP contribution in [0.1, 0.15) is 16.7 Å². The quantitative estimate of drug-likeness (QED) is 0.842. The van der Waals surface area contributed by atoms with E-state index in [-0.39, 0.29) is 0 Å². The van der Waals surface area contributed by atoms with Gasteiger partial charge in [0, 0.05) is 13.1 Å². The maximum absolute atomic E-state index is 6.06. The predicted octanol–water partition coefficient (Wildman–Crippen LogP) is 4.52. The summed E-state index contributed by atoms with van der Waals surface area (Å²) in [7, 11) is 2.07. The van der Waals surface area contributed by atoms with Crippen LogP contribution >= 0.6 is 23.2 Å². The van der Waals surface area contributed by atoms with Crippen molar-refractivity contribution in [2.75, 3.05) is 12.8 Å². The largest absolute Gasteiger partial charge is 0.396 e. The first-order valence-corrected chi connectivity index (χ1v) is 7.19. The molecule has 0 aliphatic carbocycles. The van der Waals surface area contributed by atoms with E-state index in [0.717, 1.165) is 18.7 Å². The summed E-state index contributed by atoms with van der Waals surface area (Å²) in [5, 5.41) is 1.02. The summed E-state index contributed by atoms with van der Waals surface area (Å²) in [6.07, 6.45) is 0. The molecule has 0 bridgehead atoms. The molecule has 0 unspecified atom stereocenters. The second-order valence-electron chi connectivity index (χ2n) is 5.13. The highest BCUT2D eigenvalue weighted by atomic mass is 35.5. The Labute approximate surface area is 130 Å². The van der Waals surface area contributed by atoms with Gasteiger partial charge in [0.25, 0.3) is 0 Å². The molecule has 0 aromatic heterocycles. The smallest absolute Gasteiger partial charge is 0.0693 e. The highest BCUT2D eigenvalue weighted by molar-refractivity contribution is 6.38. The molecule has 0 radical (unpaired) electrons. The van der Waals surface area contributed by atoms with Crippen molar-refractivity contribution in [1.29, 1.82) is 0 Å². The number of benzene rings is 2. The number of anilines is 1. The van der Waals surface area contributed by atoms with E-state index < -0.39 is 0 Å². The molecule has 0 fully saturated rings. The standard InChI is InChI=1S/C16H18Cl2N2/c1-11-4-3-5-12(6-11)9-20(2)10-13-7-14(17)16(19)15(18)8-13/h3-8H,9-10,19H2,1-2H3. The van der Waals surface area contributed by atoms with Crippen LogP contribution in [0.5, 0.6) is 0 Å². The molecule has 0 saturated carbocycles. The fraction of sp³-hybridized carbons (Fsp3) is 0.250. The molecule has 0 saturated heterocycles.